The van der Waals surface area contributed by atoms with Gasteiger partial charge in [-0.25, -0.2) is 0 Å². The summed E-state index contributed by atoms with van der Waals surface area (Å²) in [5.41, 5.74) is 2.63. The molecule has 6 nitrogen and oxygen atoms in total. The van der Waals surface area contributed by atoms with E-state index in [1.807, 2.05) is 0 Å². The second-order valence-corrected chi connectivity index (χ2v) is 10.8. The van der Waals surface area contributed by atoms with Crippen molar-refractivity contribution in [2.24, 2.45) is 7.05 Å². The Morgan fingerprint density at radius 3 is 2.83 bits per heavy atom. The number of thiophene rings is 1. The lowest BCUT2D eigenvalue weighted by molar-refractivity contribution is -0.117. The molecular weight excluding hydrogens is 394 g/mol. The Morgan fingerprint density at radius 2 is 2.17 bits per heavy atom. The number of carbonyl (C=O) groups is 1. The summed E-state index contributed by atoms with van der Waals surface area (Å²) in [7, 11) is 2.05. The van der Waals surface area contributed by atoms with Crippen molar-refractivity contribution in [3.05, 3.63) is 40.0 Å². The van der Waals surface area contributed by atoms with E-state index in [4.69, 9.17) is 0 Å². The quantitative estimate of drug-likeness (QED) is 0.779. The zero-order chi connectivity index (χ0) is 21.7. The maximum atomic E-state index is 13.0. The van der Waals surface area contributed by atoms with Gasteiger partial charge >= 0.3 is 0 Å². The predicted octanol–water partition coefficient (Wildman–Crippen LogP) is 3.89. The fraction of sp³-hybridized carbons (Fsp3) is 0.565. The molecule has 4 rings (SSSR count). The van der Waals surface area contributed by atoms with Gasteiger partial charge in [-0.15, -0.1) is 11.3 Å². The first-order chi connectivity index (χ1) is 14.1. The Bertz CT molecular complexity index is 1010. The first-order valence-electron chi connectivity index (χ1n) is 10.6. The fourth-order valence-corrected chi connectivity index (χ4v) is 6.50. The zero-order valence-corrected chi connectivity index (χ0v) is 19.3. The highest BCUT2D eigenvalue weighted by Gasteiger charge is 2.40. The molecule has 2 aromatic heterocycles. The predicted molar refractivity (Wildman–Crippen MR) is 121 cm³/mol. The van der Waals surface area contributed by atoms with E-state index in [1.165, 1.54) is 5.69 Å². The second-order valence-electron chi connectivity index (χ2n) is 9.76. The van der Waals surface area contributed by atoms with Crippen molar-refractivity contribution in [3.8, 4) is 6.07 Å². The summed E-state index contributed by atoms with van der Waals surface area (Å²) in [4.78, 5) is 16.4. The number of nitrogens with one attached hydrogen (secondary N) is 2. The molecule has 2 aromatic rings. The molecule has 0 bridgehead atoms. The first-order valence-corrected chi connectivity index (χ1v) is 11.4. The number of hydrogen-bond acceptors (Lipinski definition) is 5. The number of anilines is 1. The number of aryl methyl sites for hydroxylation is 1. The highest BCUT2D eigenvalue weighted by Crippen LogP contribution is 2.44. The van der Waals surface area contributed by atoms with Crippen LogP contribution >= 0.6 is 11.3 Å². The van der Waals surface area contributed by atoms with Crippen LogP contribution < -0.4 is 10.6 Å². The molecule has 160 valence electrons. The molecule has 7 heteroatoms. The minimum absolute atomic E-state index is 0.0452. The lowest BCUT2D eigenvalue weighted by atomic mass is 9.81. The molecule has 0 unspecified atom stereocenters. The van der Waals surface area contributed by atoms with Crippen LogP contribution in [0.2, 0.25) is 0 Å². The van der Waals surface area contributed by atoms with Crippen LogP contribution in [0.5, 0.6) is 0 Å². The number of fused-ring (bicyclic) bond motifs is 1. The van der Waals surface area contributed by atoms with Crippen LogP contribution in [0.1, 0.15) is 68.3 Å². The van der Waals surface area contributed by atoms with Crippen molar-refractivity contribution in [1.82, 2.24) is 14.8 Å². The van der Waals surface area contributed by atoms with Crippen LogP contribution in [-0.4, -0.2) is 34.0 Å². The van der Waals surface area contributed by atoms with Gasteiger partial charge in [-0.3, -0.25) is 9.69 Å². The molecular formula is C23H31N5OS. The third-order valence-electron chi connectivity index (χ3n) is 6.24. The summed E-state index contributed by atoms with van der Waals surface area (Å²) in [5, 5.41) is 17.3. The van der Waals surface area contributed by atoms with E-state index in [0.717, 1.165) is 36.2 Å². The van der Waals surface area contributed by atoms with Crippen molar-refractivity contribution in [3.63, 3.8) is 0 Å². The highest BCUT2D eigenvalue weighted by atomic mass is 32.1. The molecule has 0 aromatic carbocycles. The maximum absolute atomic E-state index is 13.0. The number of likely N-dealkylation sites (tertiary alicyclic amines) is 1. The van der Waals surface area contributed by atoms with Gasteiger partial charge in [-0.2, -0.15) is 5.26 Å². The Labute approximate surface area is 182 Å². The molecule has 1 amide bonds. The van der Waals surface area contributed by atoms with Gasteiger partial charge in [0, 0.05) is 34.9 Å². The smallest absolute Gasteiger partial charge is 0.239 e. The van der Waals surface area contributed by atoms with E-state index in [-0.39, 0.29) is 23.0 Å². The molecule has 1 atom stereocenters. The number of nitrogens with zero attached hydrogens (tertiary/aromatic N) is 3. The Morgan fingerprint density at radius 1 is 1.40 bits per heavy atom. The minimum Gasteiger partial charge on any atom is -0.353 e. The molecule has 2 aliphatic rings. The number of rotatable bonds is 4. The number of amides is 1. The average Bonchev–Trinajstić information content (AvgIpc) is 3.32. The van der Waals surface area contributed by atoms with Crippen LogP contribution in [0.15, 0.2) is 18.3 Å². The Balaban J connectivity index is 1.54. The molecule has 2 N–H and O–H groups in total. The van der Waals surface area contributed by atoms with E-state index in [9.17, 15) is 10.1 Å². The summed E-state index contributed by atoms with van der Waals surface area (Å²) in [6.45, 7) is 9.87. The number of nitriles is 1. The van der Waals surface area contributed by atoms with E-state index in [1.54, 1.807) is 11.3 Å². The number of hydrogen-bond donors (Lipinski definition) is 2. The second kappa shape index (κ2) is 7.52. The van der Waals surface area contributed by atoms with Crippen molar-refractivity contribution in [1.29, 1.82) is 5.26 Å². The standard InChI is InChI=1S/C23H31N5OS/c1-22(2)12-15-16(13-24)21(30-20(15)23(3,4)26-22)25-19(29)14-28-11-7-9-18(28)17-8-6-10-27(17)5/h6,8,10,18,26H,7,9,11-12,14H2,1-5H3,(H,25,29)/t18-/m1/s1. The van der Waals surface area contributed by atoms with E-state index in [2.05, 4.69) is 79.2 Å². The molecule has 1 fully saturated rings. The van der Waals surface area contributed by atoms with Gasteiger partial charge < -0.3 is 15.2 Å². The van der Waals surface area contributed by atoms with Gasteiger partial charge in [0.05, 0.1) is 18.2 Å². The van der Waals surface area contributed by atoms with Crippen molar-refractivity contribution in [2.45, 2.75) is 64.1 Å². The SMILES string of the molecule is Cn1cccc1[C@H]1CCCN1CC(=O)Nc1sc2c(c1C#N)CC(C)(C)NC2(C)C. The summed E-state index contributed by atoms with van der Waals surface area (Å²) >= 11 is 1.54. The lowest BCUT2D eigenvalue weighted by Gasteiger charge is -2.42. The maximum Gasteiger partial charge on any atom is 0.239 e. The summed E-state index contributed by atoms with van der Waals surface area (Å²) in [5.74, 6) is -0.0452. The third kappa shape index (κ3) is 3.80. The minimum atomic E-state index is -0.233. The molecule has 0 radical (unpaired) electrons. The van der Waals surface area contributed by atoms with Gasteiger partial charge in [0.2, 0.25) is 5.91 Å². The fourth-order valence-electron chi connectivity index (χ4n) is 5.26. The van der Waals surface area contributed by atoms with Crippen LogP contribution in [0.4, 0.5) is 5.00 Å². The van der Waals surface area contributed by atoms with Crippen LogP contribution in [0, 0.1) is 11.3 Å². The van der Waals surface area contributed by atoms with Crippen molar-refractivity contribution in [2.75, 3.05) is 18.4 Å². The molecule has 4 heterocycles. The van der Waals surface area contributed by atoms with Crippen molar-refractivity contribution >= 4 is 22.2 Å². The van der Waals surface area contributed by atoms with E-state index >= 15 is 0 Å². The summed E-state index contributed by atoms with van der Waals surface area (Å²) in [6, 6.07) is 6.83. The van der Waals surface area contributed by atoms with E-state index in [0.29, 0.717) is 17.1 Å². The number of carbonyl (C=O) groups excluding carboxylic acids is 1. The van der Waals surface area contributed by atoms with Gasteiger partial charge in [-0.1, -0.05) is 0 Å². The first kappa shape index (κ1) is 21.1. The molecule has 2 aliphatic heterocycles. The topological polar surface area (TPSA) is 73.1 Å². The molecule has 1 saturated heterocycles. The van der Waals surface area contributed by atoms with Gasteiger partial charge in [0.15, 0.2) is 0 Å². The van der Waals surface area contributed by atoms with E-state index < -0.39 is 0 Å². The van der Waals surface area contributed by atoms with Crippen LogP contribution in [-0.2, 0) is 23.8 Å². The van der Waals surface area contributed by atoms with Crippen LogP contribution in [0.3, 0.4) is 0 Å². The Hall–Kier alpha value is -2.14. The normalized spacial score (nSPS) is 22.5. The Kier molecular flexibility index (Phi) is 5.29. The highest BCUT2D eigenvalue weighted by molar-refractivity contribution is 7.17. The zero-order valence-electron chi connectivity index (χ0n) is 18.5. The summed E-state index contributed by atoms with van der Waals surface area (Å²) in [6.07, 6.45) is 4.99. The summed E-state index contributed by atoms with van der Waals surface area (Å²) < 4.78 is 2.14. The molecule has 30 heavy (non-hydrogen) atoms. The lowest BCUT2D eigenvalue weighted by Crippen LogP contribution is -2.54. The molecule has 0 spiro atoms. The largest absolute Gasteiger partial charge is 0.353 e. The monoisotopic (exact) mass is 425 g/mol. The molecule has 0 aliphatic carbocycles. The molecule has 0 saturated carbocycles. The van der Waals surface area contributed by atoms with Crippen molar-refractivity contribution < 1.29 is 4.79 Å². The van der Waals surface area contributed by atoms with Gasteiger partial charge in [-0.05, 0) is 71.2 Å². The third-order valence-corrected chi connectivity index (χ3v) is 7.72. The number of aromatic nitrogens is 1. The average molecular weight is 426 g/mol. The van der Waals surface area contributed by atoms with Crippen LogP contribution in [0.25, 0.3) is 0 Å². The van der Waals surface area contributed by atoms with Gasteiger partial charge in [0.25, 0.3) is 0 Å². The van der Waals surface area contributed by atoms with Gasteiger partial charge in [0.1, 0.15) is 11.1 Å².